The number of aryl methyl sites for hydroxylation is 2. The minimum absolute atomic E-state index is 0.0800. The molecule has 7 heteroatoms. The third-order valence-corrected chi connectivity index (χ3v) is 5.09. The van der Waals surface area contributed by atoms with Crippen molar-refractivity contribution in [1.29, 1.82) is 0 Å². The smallest absolute Gasteiger partial charge is 0.347 e. The number of hydrogen-bond donors (Lipinski definition) is 1. The van der Waals surface area contributed by atoms with E-state index in [0.29, 0.717) is 18.1 Å². The van der Waals surface area contributed by atoms with Gasteiger partial charge in [-0.3, -0.25) is 0 Å². The molecule has 0 aliphatic carbocycles. The molecule has 31 heavy (non-hydrogen) atoms. The molecule has 0 saturated carbocycles. The Kier molecular flexibility index (Phi) is 6.34. The van der Waals surface area contributed by atoms with Crippen LogP contribution < -0.4 is 9.47 Å². The topological polar surface area (TPSA) is 73.6 Å². The zero-order chi connectivity index (χ0) is 22.8. The lowest BCUT2D eigenvalue weighted by molar-refractivity contribution is -0.152. The Balaban J connectivity index is 1.67. The molecule has 0 aliphatic heterocycles. The number of aliphatic carboxylic acids is 1. The van der Waals surface area contributed by atoms with Crippen molar-refractivity contribution < 1.29 is 23.8 Å². The Morgan fingerprint density at radius 1 is 1.19 bits per heavy atom. The number of benzene rings is 2. The number of ether oxygens (including phenoxy) is 2. The molecule has 2 aromatic carbocycles. The average molecular weight is 426 g/mol. The van der Waals surface area contributed by atoms with Gasteiger partial charge in [0.05, 0.1) is 18.0 Å². The average Bonchev–Trinajstić information content (AvgIpc) is 3.10. The van der Waals surface area contributed by atoms with Crippen molar-refractivity contribution in [3.8, 4) is 17.2 Å². The fourth-order valence-electron chi connectivity index (χ4n) is 3.14. The van der Waals surface area contributed by atoms with E-state index in [1.165, 1.54) is 26.0 Å². The first-order chi connectivity index (χ1) is 14.6. The standard InChI is InChI=1S/C24H27FN2O4/c1-15-12-20(10-11-22(15)31-24(4,5)23(28)29)30-14-16(2)21-13-27(26-17(21)3)19-8-6-18(25)7-9-19/h6-13,16H,14H2,1-5H3,(H,28,29). The second kappa shape index (κ2) is 8.79. The number of aromatic nitrogens is 2. The molecule has 1 atom stereocenters. The van der Waals surface area contributed by atoms with Gasteiger partial charge in [0.15, 0.2) is 5.60 Å². The Bertz CT molecular complexity index is 1070. The van der Waals surface area contributed by atoms with Crippen LogP contribution in [0.4, 0.5) is 4.39 Å². The summed E-state index contributed by atoms with van der Waals surface area (Å²) in [4.78, 5) is 11.3. The Morgan fingerprint density at radius 2 is 1.87 bits per heavy atom. The molecular weight excluding hydrogens is 399 g/mol. The highest BCUT2D eigenvalue weighted by Gasteiger charge is 2.30. The van der Waals surface area contributed by atoms with Crippen LogP contribution in [0.1, 0.15) is 43.5 Å². The summed E-state index contributed by atoms with van der Waals surface area (Å²) in [6, 6.07) is 11.5. The summed E-state index contributed by atoms with van der Waals surface area (Å²) < 4.78 is 26.5. The van der Waals surface area contributed by atoms with Crippen molar-refractivity contribution in [2.45, 2.75) is 46.1 Å². The number of hydrogen-bond acceptors (Lipinski definition) is 4. The molecule has 3 aromatic rings. The fraction of sp³-hybridized carbons (Fsp3) is 0.333. The molecule has 1 heterocycles. The first kappa shape index (κ1) is 22.3. The lowest BCUT2D eigenvalue weighted by atomic mass is 10.0. The van der Waals surface area contributed by atoms with Crippen LogP contribution in [-0.4, -0.2) is 33.1 Å². The zero-order valence-corrected chi connectivity index (χ0v) is 18.3. The molecule has 0 spiro atoms. The van der Waals surface area contributed by atoms with E-state index in [9.17, 15) is 14.3 Å². The van der Waals surface area contributed by atoms with E-state index in [0.717, 1.165) is 22.5 Å². The third-order valence-electron chi connectivity index (χ3n) is 5.09. The van der Waals surface area contributed by atoms with Crippen LogP contribution in [-0.2, 0) is 4.79 Å². The van der Waals surface area contributed by atoms with E-state index in [4.69, 9.17) is 9.47 Å². The monoisotopic (exact) mass is 426 g/mol. The van der Waals surface area contributed by atoms with E-state index in [1.54, 1.807) is 28.9 Å². The SMILES string of the molecule is Cc1cc(OCC(C)c2cn(-c3ccc(F)cc3)nc2C)ccc1OC(C)(C)C(=O)O. The van der Waals surface area contributed by atoms with Crippen molar-refractivity contribution in [2.75, 3.05) is 6.61 Å². The van der Waals surface area contributed by atoms with E-state index in [1.807, 2.05) is 26.1 Å². The summed E-state index contributed by atoms with van der Waals surface area (Å²) in [5.41, 5.74) is 2.20. The van der Waals surface area contributed by atoms with Crippen molar-refractivity contribution >= 4 is 5.97 Å². The van der Waals surface area contributed by atoms with E-state index in [-0.39, 0.29) is 11.7 Å². The zero-order valence-electron chi connectivity index (χ0n) is 18.3. The van der Waals surface area contributed by atoms with Crippen LogP contribution >= 0.6 is 0 Å². The summed E-state index contributed by atoms with van der Waals surface area (Å²) in [6.07, 6.45) is 1.94. The van der Waals surface area contributed by atoms with Gasteiger partial charge in [0.25, 0.3) is 0 Å². The molecule has 0 aliphatic rings. The Morgan fingerprint density at radius 3 is 2.48 bits per heavy atom. The van der Waals surface area contributed by atoms with Gasteiger partial charge in [-0.15, -0.1) is 0 Å². The van der Waals surface area contributed by atoms with Gasteiger partial charge in [-0.1, -0.05) is 6.92 Å². The highest BCUT2D eigenvalue weighted by Crippen LogP contribution is 2.28. The van der Waals surface area contributed by atoms with E-state index >= 15 is 0 Å². The lowest BCUT2D eigenvalue weighted by Gasteiger charge is -2.23. The molecule has 3 rings (SSSR count). The molecular formula is C24H27FN2O4. The normalized spacial score (nSPS) is 12.5. The Labute approximate surface area is 181 Å². The van der Waals surface area contributed by atoms with Gasteiger partial charge in [-0.05, 0) is 81.3 Å². The molecule has 0 radical (unpaired) electrons. The van der Waals surface area contributed by atoms with Gasteiger partial charge >= 0.3 is 5.97 Å². The van der Waals surface area contributed by atoms with Gasteiger partial charge in [0.2, 0.25) is 0 Å². The molecule has 164 valence electrons. The van der Waals surface area contributed by atoms with Crippen LogP contribution in [0, 0.1) is 19.7 Å². The third kappa shape index (κ3) is 5.23. The fourth-order valence-corrected chi connectivity index (χ4v) is 3.14. The number of rotatable bonds is 8. The summed E-state index contributed by atoms with van der Waals surface area (Å²) >= 11 is 0. The molecule has 0 fully saturated rings. The van der Waals surface area contributed by atoms with Gasteiger partial charge in [-0.2, -0.15) is 5.10 Å². The largest absolute Gasteiger partial charge is 0.493 e. The number of nitrogens with zero attached hydrogens (tertiary/aromatic N) is 2. The maximum absolute atomic E-state index is 13.2. The van der Waals surface area contributed by atoms with Gasteiger partial charge in [0.1, 0.15) is 17.3 Å². The molecule has 1 aromatic heterocycles. The number of carbonyl (C=O) groups is 1. The van der Waals surface area contributed by atoms with Gasteiger partial charge in [-0.25, -0.2) is 13.9 Å². The van der Waals surface area contributed by atoms with E-state index in [2.05, 4.69) is 12.0 Å². The van der Waals surface area contributed by atoms with Crippen molar-refractivity contribution in [3.63, 3.8) is 0 Å². The number of halogens is 1. The summed E-state index contributed by atoms with van der Waals surface area (Å²) in [5, 5.41) is 13.8. The molecule has 1 unspecified atom stereocenters. The number of carboxylic acids is 1. The van der Waals surface area contributed by atoms with Crippen molar-refractivity contribution in [1.82, 2.24) is 9.78 Å². The molecule has 0 saturated heterocycles. The highest BCUT2D eigenvalue weighted by molar-refractivity contribution is 5.76. The molecule has 0 amide bonds. The molecule has 6 nitrogen and oxygen atoms in total. The maximum atomic E-state index is 13.2. The first-order valence-corrected chi connectivity index (χ1v) is 10.0. The predicted molar refractivity (Wildman–Crippen MR) is 116 cm³/mol. The minimum atomic E-state index is -1.32. The highest BCUT2D eigenvalue weighted by atomic mass is 19.1. The first-order valence-electron chi connectivity index (χ1n) is 10.0. The van der Waals surface area contributed by atoms with Gasteiger partial charge < -0.3 is 14.6 Å². The second-order valence-corrected chi connectivity index (χ2v) is 8.15. The predicted octanol–water partition coefficient (Wildman–Crippen LogP) is 5.05. The van der Waals surface area contributed by atoms with Crippen LogP contribution in [0.3, 0.4) is 0 Å². The van der Waals surface area contributed by atoms with E-state index < -0.39 is 11.6 Å². The van der Waals surface area contributed by atoms with Crippen LogP contribution in [0.25, 0.3) is 5.69 Å². The van der Waals surface area contributed by atoms with Gasteiger partial charge in [0, 0.05) is 12.1 Å². The molecule has 1 N–H and O–H groups in total. The second-order valence-electron chi connectivity index (χ2n) is 8.15. The summed E-state index contributed by atoms with van der Waals surface area (Å²) in [6.45, 7) is 9.30. The van der Waals surface area contributed by atoms with Crippen LogP contribution in [0.15, 0.2) is 48.7 Å². The van der Waals surface area contributed by atoms with Crippen molar-refractivity contribution in [2.24, 2.45) is 0 Å². The summed E-state index contributed by atoms with van der Waals surface area (Å²) in [7, 11) is 0. The Hall–Kier alpha value is -3.35. The number of carboxylic acid groups (broad SMARTS) is 1. The minimum Gasteiger partial charge on any atom is -0.493 e. The lowest BCUT2D eigenvalue weighted by Crippen LogP contribution is -2.38. The van der Waals surface area contributed by atoms with Crippen LogP contribution in [0.5, 0.6) is 11.5 Å². The summed E-state index contributed by atoms with van der Waals surface area (Å²) in [5.74, 6) is -0.0561. The van der Waals surface area contributed by atoms with Crippen molar-refractivity contribution in [3.05, 3.63) is 71.3 Å². The quantitative estimate of drug-likeness (QED) is 0.545. The molecule has 0 bridgehead atoms. The maximum Gasteiger partial charge on any atom is 0.347 e. The van der Waals surface area contributed by atoms with Crippen LogP contribution in [0.2, 0.25) is 0 Å².